The Morgan fingerprint density at radius 1 is 1.14 bits per heavy atom. The van der Waals surface area contributed by atoms with Gasteiger partial charge in [-0.1, -0.05) is 43.7 Å². The summed E-state index contributed by atoms with van der Waals surface area (Å²) in [5, 5.41) is 3.01. The SMILES string of the molecule is CCCc1c(C(=O)NCCc2ccccc2)nc(-c2ccc(F)cc2)n1CCC1CCCC(=O)O1. The van der Waals surface area contributed by atoms with E-state index in [4.69, 9.17) is 9.72 Å². The van der Waals surface area contributed by atoms with Crippen LogP contribution in [0.1, 0.15) is 60.8 Å². The number of hydrogen-bond donors (Lipinski definition) is 1. The molecule has 1 unspecified atom stereocenters. The van der Waals surface area contributed by atoms with Crippen molar-refractivity contribution in [2.45, 2.75) is 64.5 Å². The highest BCUT2D eigenvalue weighted by molar-refractivity contribution is 5.94. The number of halogens is 1. The number of nitrogens with one attached hydrogen (secondary N) is 1. The molecule has 0 saturated carbocycles. The summed E-state index contributed by atoms with van der Waals surface area (Å²) in [6, 6.07) is 16.2. The molecule has 7 heteroatoms. The van der Waals surface area contributed by atoms with Crippen molar-refractivity contribution in [1.29, 1.82) is 0 Å². The minimum atomic E-state index is -0.325. The Hall–Kier alpha value is -3.48. The number of imidazole rings is 1. The predicted octanol–water partition coefficient (Wildman–Crippen LogP) is 5.10. The Morgan fingerprint density at radius 3 is 2.63 bits per heavy atom. The van der Waals surface area contributed by atoms with E-state index >= 15 is 0 Å². The third-order valence-electron chi connectivity index (χ3n) is 6.30. The van der Waals surface area contributed by atoms with Crippen molar-refractivity contribution in [2.24, 2.45) is 0 Å². The summed E-state index contributed by atoms with van der Waals surface area (Å²) in [7, 11) is 0. The van der Waals surface area contributed by atoms with Crippen LogP contribution in [-0.4, -0.2) is 34.1 Å². The smallest absolute Gasteiger partial charge is 0.306 e. The molecule has 6 nitrogen and oxygen atoms in total. The third kappa shape index (κ3) is 6.35. The van der Waals surface area contributed by atoms with E-state index in [0.717, 1.165) is 42.5 Å². The number of rotatable bonds is 10. The largest absolute Gasteiger partial charge is 0.462 e. The fraction of sp³-hybridized carbons (Fsp3) is 0.393. The van der Waals surface area contributed by atoms with Crippen molar-refractivity contribution in [3.05, 3.63) is 77.4 Å². The molecule has 3 aromatic rings. The van der Waals surface area contributed by atoms with Gasteiger partial charge in [0.2, 0.25) is 0 Å². The second-order valence-electron chi connectivity index (χ2n) is 8.92. The summed E-state index contributed by atoms with van der Waals surface area (Å²) in [6.45, 7) is 3.13. The molecule has 1 atom stereocenters. The van der Waals surface area contributed by atoms with Crippen LogP contribution in [0.5, 0.6) is 0 Å². The molecule has 4 rings (SSSR count). The second-order valence-corrected chi connectivity index (χ2v) is 8.92. The molecule has 0 bridgehead atoms. The summed E-state index contributed by atoms with van der Waals surface area (Å²) in [5.74, 6) is -0.0640. The Labute approximate surface area is 205 Å². The first-order chi connectivity index (χ1) is 17.0. The molecule has 1 aromatic heterocycles. The van der Waals surface area contributed by atoms with Crippen molar-refractivity contribution >= 4 is 11.9 Å². The lowest BCUT2D eigenvalue weighted by Gasteiger charge is -2.23. The molecule has 1 amide bonds. The number of carbonyl (C=O) groups is 2. The van der Waals surface area contributed by atoms with E-state index in [-0.39, 0.29) is 23.8 Å². The Bertz CT molecular complexity index is 1140. The molecule has 1 N–H and O–H groups in total. The van der Waals surface area contributed by atoms with Gasteiger partial charge in [-0.15, -0.1) is 0 Å². The fourth-order valence-electron chi connectivity index (χ4n) is 4.52. The van der Waals surface area contributed by atoms with Gasteiger partial charge in [-0.2, -0.15) is 0 Å². The standard InChI is InChI=1S/C28H32FN3O3/c1-2-7-24-26(28(34)30-18-16-20-8-4-3-5-9-20)31-27(21-12-14-22(29)15-13-21)32(24)19-17-23-10-6-11-25(33)35-23/h3-5,8-9,12-15,23H,2,6-7,10-11,16-19H2,1H3,(H,30,34). The van der Waals surface area contributed by atoms with Gasteiger partial charge in [-0.25, -0.2) is 9.37 Å². The highest BCUT2D eigenvalue weighted by Gasteiger charge is 2.25. The first-order valence-electron chi connectivity index (χ1n) is 12.4. The predicted molar refractivity (Wildman–Crippen MR) is 132 cm³/mol. The lowest BCUT2D eigenvalue weighted by molar-refractivity contribution is -0.154. The normalized spacial score (nSPS) is 15.6. The van der Waals surface area contributed by atoms with E-state index in [1.807, 2.05) is 34.9 Å². The highest BCUT2D eigenvalue weighted by Crippen LogP contribution is 2.26. The van der Waals surface area contributed by atoms with Crippen LogP contribution in [0, 0.1) is 5.82 Å². The van der Waals surface area contributed by atoms with Crippen LogP contribution in [-0.2, 0) is 28.9 Å². The average Bonchev–Trinajstić information content (AvgIpc) is 3.22. The molecular weight excluding hydrogens is 445 g/mol. The van der Waals surface area contributed by atoms with E-state index in [1.54, 1.807) is 12.1 Å². The van der Waals surface area contributed by atoms with Gasteiger partial charge < -0.3 is 14.6 Å². The van der Waals surface area contributed by atoms with Gasteiger partial charge >= 0.3 is 5.97 Å². The van der Waals surface area contributed by atoms with E-state index in [9.17, 15) is 14.0 Å². The van der Waals surface area contributed by atoms with Crippen LogP contribution < -0.4 is 5.32 Å². The van der Waals surface area contributed by atoms with Crippen molar-refractivity contribution in [3.63, 3.8) is 0 Å². The summed E-state index contributed by atoms with van der Waals surface area (Å²) in [4.78, 5) is 29.7. The minimum absolute atomic E-state index is 0.141. The van der Waals surface area contributed by atoms with Crippen molar-refractivity contribution in [2.75, 3.05) is 6.54 Å². The fourth-order valence-corrected chi connectivity index (χ4v) is 4.52. The first kappa shape index (κ1) is 24.6. The summed E-state index contributed by atoms with van der Waals surface area (Å²) in [6.07, 6.45) is 4.89. The van der Waals surface area contributed by atoms with Gasteiger partial charge in [-0.3, -0.25) is 9.59 Å². The zero-order valence-electron chi connectivity index (χ0n) is 20.1. The van der Waals surface area contributed by atoms with E-state index in [1.165, 1.54) is 12.1 Å². The van der Waals surface area contributed by atoms with E-state index in [0.29, 0.717) is 43.9 Å². The molecule has 184 valence electrons. The number of esters is 1. The maximum Gasteiger partial charge on any atom is 0.306 e. The summed E-state index contributed by atoms with van der Waals surface area (Å²) in [5.41, 5.74) is 3.15. The summed E-state index contributed by atoms with van der Waals surface area (Å²) < 4.78 is 21.2. The molecule has 1 aliphatic heterocycles. The van der Waals surface area contributed by atoms with Gasteiger partial charge in [0.1, 0.15) is 23.4 Å². The Morgan fingerprint density at radius 2 is 1.91 bits per heavy atom. The number of hydrogen-bond acceptors (Lipinski definition) is 4. The maximum absolute atomic E-state index is 13.6. The van der Waals surface area contributed by atoms with Crippen LogP contribution in [0.4, 0.5) is 4.39 Å². The lowest BCUT2D eigenvalue weighted by atomic mass is 10.1. The average molecular weight is 478 g/mol. The molecular formula is C28H32FN3O3. The number of cyclic esters (lactones) is 1. The molecule has 1 aliphatic rings. The van der Waals surface area contributed by atoms with Crippen LogP contribution in [0.25, 0.3) is 11.4 Å². The Balaban J connectivity index is 1.59. The monoisotopic (exact) mass is 477 g/mol. The number of aromatic nitrogens is 2. The van der Waals surface area contributed by atoms with E-state index in [2.05, 4.69) is 12.2 Å². The molecule has 1 fully saturated rings. The van der Waals surface area contributed by atoms with Gasteiger partial charge in [0.15, 0.2) is 0 Å². The second kappa shape index (κ2) is 11.8. The first-order valence-corrected chi connectivity index (χ1v) is 12.4. The maximum atomic E-state index is 13.6. The van der Waals surface area contributed by atoms with Gasteiger partial charge in [-0.05, 0) is 55.5 Å². The molecule has 0 spiro atoms. The zero-order chi connectivity index (χ0) is 24.6. The summed E-state index contributed by atoms with van der Waals surface area (Å²) >= 11 is 0. The Kier molecular flexibility index (Phi) is 8.29. The van der Waals surface area contributed by atoms with Gasteiger partial charge in [0.25, 0.3) is 5.91 Å². The number of ether oxygens (including phenoxy) is 1. The number of nitrogens with zero attached hydrogens (tertiary/aromatic N) is 2. The van der Waals surface area contributed by atoms with Crippen LogP contribution in [0.3, 0.4) is 0 Å². The van der Waals surface area contributed by atoms with E-state index < -0.39 is 0 Å². The third-order valence-corrected chi connectivity index (χ3v) is 6.30. The quantitative estimate of drug-likeness (QED) is 0.413. The van der Waals surface area contributed by atoms with Crippen LogP contribution in [0.15, 0.2) is 54.6 Å². The topological polar surface area (TPSA) is 73.2 Å². The van der Waals surface area contributed by atoms with Gasteiger partial charge in [0.05, 0.1) is 5.69 Å². The van der Waals surface area contributed by atoms with Crippen molar-refractivity contribution in [1.82, 2.24) is 14.9 Å². The van der Waals surface area contributed by atoms with Crippen molar-refractivity contribution < 1.29 is 18.7 Å². The molecule has 2 heterocycles. The highest BCUT2D eigenvalue weighted by atomic mass is 19.1. The van der Waals surface area contributed by atoms with Gasteiger partial charge in [0, 0.05) is 31.5 Å². The number of carbonyl (C=O) groups excluding carboxylic acids is 2. The minimum Gasteiger partial charge on any atom is -0.462 e. The number of amides is 1. The molecule has 0 radical (unpaired) electrons. The lowest BCUT2D eigenvalue weighted by Crippen LogP contribution is -2.27. The zero-order valence-corrected chi connectivity index (χ0v) is 20.1. The van der Waals surface area contributed by atoms with Crippen molar-refractivity contribution in [3.8, 4) is 11.4 Å². The van der Waals surface area contributed by atoms with Crippen LogP contribution >= 0.6 is 0 Å². The molecule has 1 saturated heterocycles. The van der Waals surface area contributed by atoms with Crippen LogP contribution in [0.2, 0.25) is 0 Å². The molecule has 0 aliphatic carbocycles. The number of benzene rings is 2. The molecule has 35 heavy (non-hydrogen) atoms. The molecule has 2 aromatic carbocycles.